The van der Waals surface area contributed by atoms with Crippen molar-refractivity contribution >= 4 is 5.97 Å². The first-order valence-electron chi connectivity index (χ1n) is 5.02. The second-order valence-electron chi connectivity index (χ2n) is 3.99. The summed E-state index contributed by atoms with van der Waals surface area (Å²) in [6, 6.07) is 3.98. The lowest BCUT2D eigenvalue weighted by molar-refractivity contribution is -0.147. The smallest absolute Gasteiger partial charge is 0.325 e. The van der Waals surface area contributed by atoms with E-state index in [9.17, 15) is 4.79 Å². The first-order chi connectivity index (χ1) is 7.06. The van der Waals surface area contributed by atoms with Crippen molar-refractivity contribution in [3.05, 3.63) is 24.0 Å². The van der Waals surface area contributed by atoms with Crippen molar-refractivity contribution in [3.8, 4) is 0 Å². The van der Waals surface area contributed by atoms with Crippen LogP contribution in [0.2, 0.25) is 0 Å². The number of nitrogens with one attached hydrogen (secondary N) is 2. The highest BCUT2D eigenvalue weighted by atomic mass is 16.5. The monoisotopic (exact) mass is 210 g/mol. The summed E-state index contributed by atoms with van der Waals surface area (Å²) in [5.41, 5.74) is 0.532. The Morgan fingerprint density at radius 3 is 2.87 bits per heavy atom. The SMILES string of the molecule is COC(=O)C(C)(C)NCCc1ccc[nH]1. The van der Waals surface area contributed by atoms with Crippen LogP contribution in [0.5, 0.6) is 0 Å². The van der Waals surface area contributed by atoms with Gasteiger partial charge in [0, 0.05) is 18.4 Å². The standard InChI is InChI=1S/C11H18N2O2/c1-11(2,10(14)15-3)13-8-6-9-5-4-7-12-9/h4-5,7,12-13H,6,8H2,1-3H3. The lowest BCUT2D eigenvalue weighted by Crippen LogP contribution is -2.48. The summed E-state index contributed by atoms with van der Waals surface area (Å²) in [5.74, 6) is -0.242. The molecule has 84 valence electrons. The molecule has 1 aromatic heterocycles. The third-order valence-corrected chi connectivity index (χ3v) is 2.32. The van der Waals surface area contributed by atoms with E-state index < -0.39 is 5.54 Å². The van der Waals surface area contributed by atoms with Gasteiger partial charge in [-0.25, -0.2) is 0 Å². The van der Waals surface area contributed by atoms with E-state index in [1.807, 2.05) is 32.2 Å². The number of rotatable bonds is 5. The van der Waals surface area contributed by atoms with Gasteiger partial charge in [-0.1, -0.05) is 0 Å². The van der Waals surface area contributed by atoms with Crippen LogP contribution < -0.4 is 5.32 Å². The van der Waals surface area contributed by atoms with Gasteiger partial charge in [0.25, 0.3) is 0 Å². The van der Waals surface area contributed by atoms with E-state index in [1.54, 1.807) is 0 Å². The Morgan fingerprint density at radius 1 is 1.60 bits per heavy atom. The van der Waals surface area contributed by atoms with Crippen molar-refractivity contribution in [2.75, 3.05) is 13.7 Å². The Kier molecular flexibility index (Phi) is 3.91. The minimum Gasteiger partial charge on any atom is -0.468 e. The van der Waals surface area contributed by atoms with Crippen LogP contribution in [0, 0.1) is 0 Å². The zero-order valence-electron chi connectivity index (χ0n) is 9.46. The fourth-order valence-corrected chi connectivity index (χ4v) is 1.36. The molecule has 0 aliphatic carbocycles. The maximum absolute atomic E-state index is 11.3. The largest absolute Gasteiger partial charge is 0.468 e. The molecule has 1 rings (SSSR count). The maximum Gasteiger partial charge on any atom is 0.325 e. The molecule has 4 heteroatoms. The van der Waals surface area contributed by atoms with Gasteiger partial charge in [0.15, 0.2) is 0 Å². The molecule has 0 aliphatic heterocycles. The quantitative estimate of drug-likeness (QED) is 0.715. The Balaban J connectivity index is 2.33. The molecular weight excluding hydrogens is 192 g/mol. The molecule has 2 N–H and O–H groups in total. The molecule has 1 aromatic rings. The van der Waals surface area contributed by atoms with Crippen LogP contribution in [0.1, 0.15) is 19.5 Å². The van der Waals surface area contributed by atoms with Crippen LogP contribution in [-0.2, 0) is 16.0 Å². The van der Waals surface area contributed by atoms with Gasteiger partial charge < -0.3 is 15.0 Å². The Bertz CT molecular complexity index is 304. The molecule has 0 aromatic carbocycles. The van der Waals surface area contributed by atoms with E-state index in [0.717, 1.165) is 18.7 Å². The van der Waals surface area contributed by atoms with Crippen LogP contribution in [0.3, 0.4) is 0 Å². The molecule has 0 unspecified atom stereocenters. The fourth-order valence-electron chi connectivity index (χ4n) is 1.36. The third kappa shape index (κ3) is 3.40. The first kappa shape index (κ1) is 11.8. The topological polar surface area (TPSA) is 54.1 Å². The van der Waals surface area contributed by atoms with Gasteiger partial charge in [0.2, 0.25) is 0 Å². The van der Waals surface area contributed by atoms with Gasteiger partial charge in [-0.3, -0.25) is 4.79 Å². The van der Waals surface area contributed by atoms with Crippen molar-refractivity contribution in [3.63, 3.8) is 0 Å². The number of hydrogen-bond acceptors (Lipinski definition) is 3. The van der Waals surface area contributed by atoms with E-state index in [2.05, 4.69) is 10.3 Å². The van der Waals surface area contributed by atoms with Crippen molar-refractivity contribution < 1.29 is 9.53 Å². The molecule has 15 heavy (non-hydrogen) atoms. The zero-order chi connectivity index (χ0) is 11.3. The molecule has 0 aliphatic rings. The molecule has 0 spiro atoms. The Morgan fingerprint density at radius 2 is 2.33 bits per heavy atom. The molecule has 0 saturated heterocycles. The first-order valence-corrected chi connectivity index (χ1v) is 5.02. The predicted octanol–water partition coefficient (Wildman–Crippen LogP) is 1.10. The van der Waals surface area contributed by atoms with E-state index in [0.29, 0.717) is 0 Å². The fraction of sp³-hybridized carbons (Fsp3) is 0.545. The van der Waals surface area contributed by atoms with Crippen LogP contribution in [0.15, 0.2) is 18.3 Å². The number of aromatic nitrogens is 1. The number of aromatic amines is 1. The van der Waals surface area contributed by atoms with E-state index >= 15 is 0 Å². The summed E-state index contributed by atoms with van der Waals surface area (Å²) in [6.45, 7) is 4.36. The lowest BCUT2D eigenvalue weighted by Gasteiger charge is -2.22. The molecule has 1 heterocycles. The minimum absolute atomic E-state index is 0.242. The van der Waals surface area contributed by atoms with Gasteiger partial charge >= 0.3 is 5.97 Å². The number of carbonyl (C=O) groups is 1. The number of methoxy groups -OCH3 is 1. The molecule has 0 amide bonds. The second-order valence-corrected chi connectivity index (χ2v) is 3.99. The molecule has 4 nitrogen and oxygen atoms in total. The van der Waals surface area contributed by atoms with Crippen LogP contribution in [-0.4, -0.2) is 30.1 Å². The summed E-state index contributed by atoms with van der Waals surface area (Å²) in [4.78, 5) is 14.4. The zero-order valence-corrected chi connectivity index (χ0v) is 9.46. The minimum atomic E-state index is -0.624. The van der Waals surface area contributed by atoms with Crippen molar-refractivity contribution in [2.45, 2.75) is 25.8 Å². The van der Waals surface area contributed by atoms with Crippen molar-refractivity contribution in [2.24, 2.45) is 0 Å². The summed E-state index contributed by atoms with van der Waals surface area (Å²) in [6.07, 6.45) is 2.76. The van der Waals surface area contributed by atoms with Crippen LogP contribution >= 0.6 is 0 Å². The molecule has 0 bridgehead atoms. The highest BCUT2D eigenvalue weighted by Gasteiger charge is 2.27. The maximum atomic E-state index is 11.3. The van der Waals surface area contributed by atoms with E-state index in [4.69, 9.17) is 4.74 Å². The number of H-pyrrole nitrogens is 1. The number of hydrogen-bond donors (Lipinski definition) is 2. The summed E-state index contributed by atoms with van der Waals surface area (Å²) in [5, 5.41) is 3.15. The van der Waals surface area contributed by atoms with E-state index in [-0.39, 0.29) is 5.97 Å². The predicted molar refractivity (Wildman–Crippen MR) is 58.6 cm³/mol. The van der Waals surface area contributed by atoms with E-state index in [1.165, 1.54) is 7.11 Å². The van der Waals surface area contributed by atoms with Gasteiger partial charge in [-0.05, 0) is 32.4 Å². The normalized spacial score (nSPS) is 11.4. The van der Waals surface area contributed by atoms with Crippen molar-refractivity contribution in [1.29, 1.82) is 0 Å². The number of ether oxygens (including phenoxy) is 1. The lowest BCUT2D eigenvalue weighted by atomic mass is 10.1. The van der Waals surface area contributed by atoms with Gasteiger partial charge in [-0.15, -0.1) is 0 Å². The number of carbonyl (C=O) groups excluding carboxylic acids is 1. The molecule has 0 saturated carbocycles. The van der Waals surface area contributed by atoms with Gasteiger partial charge in [-0.2, -0.15) is 0 Å². The average molecular weight is 210 g/mol. The Hall–Kier alpha value is -1.29. The van der Waals surface area contributed by atoms with Crippen molar-refractivity contribution in [1.82, 2.24) is 10.3 Å². The Labute approximate surface area is 90.0 Å². The average Bonchev–Trinajstić information content (AvgIpc) is 2.69. The highest BCUT2D eigenvalue weighted by Crippen LogP contribution is 2.04. The summed E-state index contributed by atoms with van der Waals surface area (Å²) in [7, 11) is 1.40. The summed E-state index contributed by atoms with van der Waals surface area (Å²) >= 11 is 0. The highest BCUT2D eigenvalue weighted by molar-refractivity contribution is 5.79. The molecule has 0 fully saturated rings. The summed E-state index contributed by atoms with van der Waals surface area (Å²) < 4.78 is 4.69. The molecule has 0 radical (unpaired) electrons. The van der Waals surface area contributed by atoms with Gasteiger partial charge in [0.1, 0.15) is 5.54 Å². The third-order valence-electron chi connectivity index (χ3n) is 2.32. The molecular formula is C11H18N2O2. The van der Waals surface area contributed by atoms with Crippen LogP contribution in [0.25, 0.3) is 0 Å². The van der Waals surface area contributed by atoms with Crippen LogP contribution in [0.4, 0.5) is 0 Å². The van der Waals surface area contributed by atoms with Gasteiger partial charge in [0.05, 0.1) is 7.11 Å². The molecule has 0 atom stereocenters. The number of esters is 1. The second kappa shape index (κ2) is 4.98.